The van der Waals surface area contributed by atoms with Crippen molar-refractivity contribution >= 4 is 5.96 Å². The highest BCUT2D eigenvalue weighted by atomic mass is 16.5. The molecular weight excluding hydrogens is 312 g/mol. The number of likely N-dealkylation sites (tertiary alicyclic amines) is 1. The Morgan fingerprint density at radius 1 is 1.16 bits per heavy atom. The molecule has 140 valence electrons. The van der Waals surface area contributed by atoms with Gasteiger partial charge in [0.05, 0.1) is 13.7 Å². The van der Waals surface area contributed by atoms with Gasteiger partial charge in [-0.2, -0.15) is 0 Å². The second-order valence-corrected chi connectivity index (χ2v) is 6.58. The van der Waals surface area contributed by atoms with Crippen molar-refractivity contribution in [3.63, 3.8) is 0 Å². The lowest BCUT2D eigenvalue weighted by atomic mass is 10.2. The fourth-order valence-corrected chi connectivity index (χ4v) is 3.15. The fraction of sp³-hybridized carbons (Fsp3) is 0.650. The molecular formula is C20H34N4O. The summed E-state index contributed by atoms with van der Waals surface area (Å²) >= 11 is 0. The molecule has 1 aliphatic heterocycles. The van der Waals surface area contributed by atoms with Crippen LogP contribution >= 0.6 is 0 Å². The van der Waals surface area contributed by atoms with Crippen LogP contribution in [0.2, 0.25) is 0 Å². The normalized spacial score (nSPS) is 16.3. The first-order valence-corrected chi connectivity index (χ1v) is 9.69. The zero-order valence-corrected chi connectivity index (χ0v) is 15.9. The number of hydrogen-bond donors (Lipinski definition) is 2. The number of ether oxygens (including phenoxy) is 1. The number of guanidine groups is 1. The molecule has 0 aromatic heterocycles. The predicted octanol–water partition coefficient (Wildman–Crippen LogP) is 3.02. The van der Waals surface area contributed by atoms with Crippen LogP contribution in [0.3, 0.4) is 0 Å². The SMILES string of the molecule is CCNC(=NCc1cccc(OC)c1)NCCCN1CCCCCC1. The van der Waals surface area contributed by atoms with Crippen LogP contribution in [0.15, 0.2) is 29.3 Å². The van der Waals surface area contributed by atoms with E-state index in [4.69, 9.17) is 4.74 Å². The van der Waals surface area contributed by atoms with E-state index in [1.54, 1.807) is 7.11 Å². The zero-order chi connectivity index (χ0) is 17.7. The molecule has 0 saturated carbocycles. The van der Waals surface area contributed by atoms with Crippen molar-refractivity contribution in [1.29, 1.82) is 0 Å². The van der Waals surface area contributed by atoms with Gasteiger partial charge >= 0.3 is 0 Å². The zero-order valence-electron chi connectivity index (χ0n) is 15.9. The minimum absolute atomic E-state index is 0.651. The molecule has 1 aliphatic rings. The minimum Gasteiger partial charge on any atom is -0.497 e. The molecule has 5 heteroatoms. The van der Waals surface area contributed by atoms with E-state index in [-0.39, 0.29) is 0 Å². The van der Waals surface area contributed by atoms with E-state index in [1.165, 1.54) is 45.3 Å². The molecule has 1 fully saturated rings. The summed E-state index contributed by atoms with van der Waals surface area (Å²) in [7, 11) is 1.69. The standard InChI is InChI=1S/C20H34N4O/c1-3-21-20(23-17-18-10-8-11-19(16-18)25-2)22-12-9-15-24-13-6-4-5-7-14-24/h8,10-11,16H,3-7,9,12-15,17H2,1-2H3,(H2,21,22,23). The first-order chi connectivity index (χ1) is 12.3. The quantitative estimate of drug-likeness (QED) is 0.432. The third kappa shape index (κ3) is 7.78. The number of aliphatic imine (C=N–C) groups is 1. The molecule has 0 aliphatic carbocycles. The van der Waals surface area contributed by atoms with Crippen LogP contribution in [0.1, 0.15) is 44.6 Å². The van der Waals surface area contributed by atoms with Crippen LogP contribution in [0.4, 0.5) is 0 Å². The molecule has 5 nitrogen and oxygen atoms in total. The summed E-state index contributed by atoms with van der Waals surface area (Å²) in [6.07, 6.45) is 6.67. The minimum atomic E-state index is 0.651. The summed E-state index contributed by atoms with van der Waals surface area (Å²) in [6.45, 7) is 8.30. The van der Waals surface area contributed by atoms with Crippen LogP contribution in [-0.2, 0) is 6.54 Å². The van der Waals surface area contributed by atoms with E-state index < -0.39 is 0 Å². The average Bonchev–Trinajstić information content (AvgIpc) is 2.92. The van der Waals surface area contributed by atoms with Crippen LogP contribution < -0.4 is 15.4 Å². The topological polar surface area (TPSA) is 48.9 Å². The molecule has 0 atom stereocenters. The Morgan fingerprint density at radius 3 is 2.68 bits per heavy atom. The molecule has 1 aromatic rings. The highest BCUT2D eigenvalue weighted by Crippen LogP contribution is 2.13. The second kappa shape index (κ2) is 11.7. The summed E-state index contributed by atoms with van der Waals surface area (Å²) in [6, 6.07) is 8.08. The van der Waals surface area contributed by atoms with E-state index in [9.17, 15) is 0 Å². The van der Waals surface area contributed by atoms with Gasteiger partial charge in [0.15, 0.2) is 5.96 Å². The maximum Gasteiger partial charge on any atom is 0.191 e. The van der Waals surface area contributed by atoms with Crippen molar-refractivity contribution in [2.24, 2.45) is 4.99 Å². The average molecular weight is 347 g/mol. The van der Waals surface area contributed by atoms with Gasteiger partial charge in [0, 0.05) is 13.1 Å². The number of nitrogens with one attached hydrogen (secondary N) is 2. The molecule has 0 bridgehead atoms. The predicted molar refractivity (Wildman–Crippen MR) is 105 cm³/mol. The van der Waals surface area contributed by atoms with Crippen molar-refractivity contribution in [1.82, 2.24) is 15.5 Å². The number of rotatable bonds is 8. The lowest BCUT2D eigenvalue weighted by Gasteiger charge is -2.20. The smallest absolute Gasteiger partial charge is 0.191 e. The fourth-order valence-electron chi connectivity index (χ4n) is 3.15. The van der Waals surface area contributed by atoms with Crippen LogP contribution in [0, 0.1) is 0 Å². The molecule has 0 spiro atoms. The number of benzene rings is 1. The summed E-state index contributed by atoms with van der Waals surface area (Å²) in [5, 5.41) is 6.78. The summed E-state index contributed by atoms with van der Waals surface area (Å²) in [4.78, 5) is 7.29. The largest absolute Gasteiger partial charge is 0.497 e. The molecule has 0 unspecified atom stereocenters. The van der Waals surface area contributed by atoms with E-state index in [0.717, 1.165) is 36.8 Å². The Kier molecular flexibility index (Phi) is 9.19. The van der Waals surface area contributed by atoms with Gasteiger partial charge in [-0.3, -0.25) is 0 Å². The van der Waals surface area contributed by atoms with Gasteiger partial charge in [-0.15, -0.1) is 0 Å². The van der Waals surface area contributed by atoms with E-state index in [1.807, 2.05) is 18.2 Å². The lowest BCUT2D eigenvalue weighted by Crippen LogP contribution is -2.39. The maximum absolute atomic E-state index is 5.27. The lowest BCUT2D eigenvalue weighted by molar-refractivity contribution is 0.282. The van der Waals surface area contributed by atoms with Crippen molar-refractivity contribution in [2.45, 2.75) is 45.6 Å². The monoisotopic (exact) mass is 346 g/mol. The van der Waals surface area contributed by atoms with Gasteiger partial charge in [-0.05, 0) is 63.5 Å². The van der Waals surface area contributed by atoms with Gasteiger partial charge in [-0.1, -0.05) is 25.0 Å². The first kappa shape index (κ1) is 19.6. The van der Waals surface area contributed by atoms with Crippen LogP contribution in [-0.4, -0.2) is 50.7 Å². The number of methoxy groups -OCH3 is 1. The van der Waals surface area contributed by atoms with Gasteiger partial charge in [-0.25, -0.2) is 4.99 Å². The third-order valence-corrected chi connectivity index (χ3v) is 4.54. The van der Waals surface area contributed by atoms with Crippen molar-refractivity contribution in [2.75, 3.05) is 39.8 Å². The molecule has 1 saturated heterocycles. The Bertz CT molecular complexity index is 510. The number of nitrogens with zero attached hydrogens (tertiary/aromatic N) is 2. The summed E-state index contributed by atoms with van der Waals surface area (Å²) in [5.41, 5.74) is 1.15. The molecule has 0 amide bonds. The molecule has 25 heavy (non-hydrogen) atoms. The molecule has 1 aromatic carbocycles. The third-order valence-electron chi connectivity index (χ3n) is 4.54. The van der Waals surface area contributed by atoms with Crippen LogP contribution in [0.25, 0.3) is 0 Å². The van der Waals surface area contributed by atoms with Gasteiger partial charge < -0.3 is 20.3 Å². The second-order valence-electron chi connectivity index (χ2n) is 6.58. The summed E-state index contributed by atoms with van der Waals surface area (Å²) in [5.74, 6) is 1.77. The van der Waals surface area contributed by atoms with Crippen LogP contribution in [0.5, 0.6) is 5.75 Å². The summed E-state index contributed by atoms with van der Waals surface area (Å²) < 4.78 is 5.27. The highest BCUT2D eigenvalue weighted by Gasteiger charge is 2.08. The maximum atomic E-state index is 5.27. The first-order valence-electron chi connectivity index (χ1n) is 9.69. The molecule has 2 N–H and O–H groups in total. The molecule has 1 heterocycles. The Morgan fingerprint density at radius 2 is 1.96 bits per heavy atom. The van der Waals surface area contributed by atoms with Crippen molar-refractivity contribution < 1.29 is 4.74 Å². The molecule has 0 radical (unpaired) electrons. The van der Waals surface area contributed by atoms with Gasteiger partial charge in [0.2, 0.25) is 0 Å². The molecule has 2 rings (SSSR count). The highest BCUT2D eigenvalue weighted by molar-refractivity contribution is 5.79. The van der Waals surface area contributed by atoms with Gasteiger partial charge in [0.25, 0.3) is 0 Å². The van der Waals surface area contributed by atoms with Gasteiger partial charge in [0.1, 0.15) is 5.75 Å². The van der Waals surface area contributed by atoms with E-state index >= 15 is 0 Å². The van der Waals surface area contributed by atoms with Crippen molar-refractivity contribution in [3.05, 3.63) is 29.8 Å². The van der Waals surface area contributed by atoms with E-state index in [0.29, 0.717) is 6.54 Å². The number of hydrogen-bond acceptors (Lipinski definition) is 3. The Hall–Kier alpha value is -1.75. The Labute approximate surface area is 152 Å². The Balaban J connectivity index is 1.74. The van der Waals surface area contributed by atoms with Crippen molar-refractivity contribution in [3.8, 4) is 5.75 Å². The van der Waals surface area contributed by atoms with E-state index in [2.05, 4.69) is 33.5 Å².